The molecule has 4 heteroatoms. The molecule has 1 amide bonds. The van der Waals surface area contributed by atoms with Gasteiger partial charge in [-0.2, -0.15) is 0 Å². The van der Waals surface area contributed by atoms with Crippen molar-refractivity contribution < 1.29 is 9.53 Å². The maximum Gasteiger partial charge on any atom is 0.252 e. The van der Waals surface area contributed by atoms with E-state index in [2.05, 4.69) is 4.99 Å². The van der Waals surface area contributed by atoms with Gasteiger partial charge in [0.05, 0.1) is 0 Å². The van der Waals surface area contributed by atoms with Gasteiger partial charge < -0.3 is 4.74 Å². The Labute approximate surface area is 106 Å². The molecule has 0 N–H and O–H groups in total. The summed E-state index contributed by atoms with van der Waals surface area (Å²) in [5.41, 5.74) is 1.65. The quantitative estimate of drug-likeness (QED) is 0.798. The molecular weight excluding hydrogens is 228 g/mol. The highest BCUT2D eigenvalue weighted by atomic mass is 16.5. The zero-order chi connectivity index (χ0) is 12.5. The summed E-state index contributed by atoms with van der Waals surface area (Å²) in [6, 6.07) is 7.64. The maximum atomic E-state index is 11.9. The topological polar surface area (TPSA) is 41.9 Å². The van der Waals surface area contributed by atoms with Crippen LogP contribution in [0.5, 0.6) is 5.75 Å². The van der Waals surface area contributed by atoms with Gasteiger partial charge in [-0.05, 0) is 18.6 Å². The number of amidine groups is 1. The molecule has 2 aliphatic rings. The molecule has 1 aromatic carbocycles. The fourth-order valence-electron chi connectivity index (χ4n) is 2.19. The lowest BCUT2D eigenvalue weighted by Gasteiger charge is -2.16. The van der Waals surface area contributed by atoms with Crippen molar-refractivity contribution in [2.24, 2.45) is 4.99 Å². The molecule has 4 nitrogen and oxygen atoms in total. The molecule has 3 rings (SSSR count). The molecule has 0 spiro atoms. The van der Waals surface area contributed by atoms with Crippen LogP contribution >= 0.6 is 0 Å². The highest BCUT2D eigenvalue weighted by molar-refractivity contribution is 6.19. The lowest BCUT2D eigenvalue weighted by molar-refractivity contribution is -0.121. The number of aliphatic imine (C=N–C) groups is 1. The molecule has 0 saturated carbocycles. The van der Waals surface area contributed by atoms with Crippen LogP contribution in [-0.4, -0.2) is 29.8 Å². The van der Waals surface area contributed by atoms with E-state index in [-0.39, 0.29) is 5.91 Å². The van der Waals surface area contributed by atoms with Crippen molar-refractivity contribution in [3.8, 4) is 5.75 Å². The predicted octanol–water partition coefficient (Wildman–Crippen LogP) is 2.29. The number of benzene rings is 1. The third kappa shape index (κ3) is 1.70. The molecule has 0 atom stereocenters. The SMILES string of the molecule is CCCN1C(=O)C=C2COc3ccccc3N=C21. The monoisotopic (exact) mass is 242 g/mol. The summed E-state index contributed by atoms with van der Waals surface area (Å²) in [5, 5.41) is 0. The summed E-state index contributed by atoms with van der Waals surface area (Å²) in [5.74, 6) is 1.52. The Morgan fingerprint density at radius 3 is 3.06 bits per heavy atom. The number of rotatable bonds is 2. The zero-order valence-electron chi connectivity index (χ0n) is 10.2. The van der Waals surface area contributed by atoms with Crippen LogP contribution in [-0.2, 0) is 4.79 Å². The summed E-state index contributed by atoms with van der Waals surface area (Å²) in [6.45, 7) is 3.15. The molecule has 2 aliphatic heterocycles. The number of fused-ring (bicyclic) bond motifs is 2. The molecule has 92 valence electrons. The Bertz CT molecular complexity index is 561. The number of carbonyl (C=O) groups is 1. The average Bonchev–Trinajstić information content (AvgIpc) is 2.58. The first-order valence-corrected chi connectivity index (χ1v) is 6.12. The summed E-state index contributed by atoms with van der Waals surface area (Å²) in [7, 11) is 0. The van der Waals surface area contributed by atoms with E-state index >= 15 is 0 Å². The van der Waals surface area contributed by atoms with Gasteiger partial charge in [0.1, 0.15) is 23.9 Å². The number of ether oxygens (including phenoxy) is 1. The summed E-state index contributed by atoms with van der Waals surface area (Å²) in [4.78, 5) is 18.2. The first-order valence-electron chi connectivity index (χ1n) is 6.12. The van der Waals surface area contributed by atoms with Crippen LogP contribution < -0.4 is 4.74 Å². The minimum absolute atomic E-state index is 0.00795. The van der Waals surface area contributed by atoms with Gasteiger partial charge in [-0.25, -0.2) is 4.99 Å². The van der Waals surface area contributed by atoms with E-state index in [0.29, 0.717) is 13.2 Å². The Kier molecular flexibility index (Phi) is 2.63. The third-order valence-corrected chi connectivity index (χ3v) is 3.03. The fraction of sp³-hybridized carbons (Fsp3) is 0.286. The van der Waals surface area contributed by atoms with Gasteiger partial charge in [0, 0.05) is 18.2 Å². The lowest BCUT2D eigenvalue weighted by atomic mass is 10.3. The van der Waals surface area contributed by atoms with E-state index in [1.165, 1.54) is 0 Å². The van der Waals surface area contributed by atoms with E-state index in [0.717, 1.165) is 29.3 Å². The number of para-hydroxylation sites is 2. The van der Waals surface area contributed by atoms with Gasteiger partial charge >= 0.3 is 0 Å². The molecule has 1 aromatic rings. The molecule has 0 saturated heterocycles. The van der Waals surface area contributed by atoms with E-state index in [1.807, 2.05) is 31.2 Å². The first kappa shape index (κ1) is 11.0. The summed E-state index contributed by atoms with van der Waals surface area (Å²) >= 11 is 0. The van der Waals surface area contributed by atoms with Crippen molar-refractivity contribution in [3.63, 3.8) is 0 Å². The molecule has 0 aliphatic carbocycles. The summed E-state index contributed by atoms with van der Waals surface area (Å²) < 4.78 is 5.68. The van der Waals surface area contributed by atoms with E-state index in [4.69, 9.17) is 4.74 Å². The largest absolute Gasteiger partial charge is 0.486 e. The second-order valence-corrected chi connectivity index (χ2v) is 4.35. The van der Waals surface area contributed by atoms with E-state index in [9.17, 15) is 4.79 Å². The van der Waals surface area contributed by atoms with Crippen molar-refractivity contribution >= 4 is 17.4 Å². The van der Waals surface area contributed by atoms with Crippen molar-refractivity contribution in [2.45, 2.75) is 13.3 Å². The van der Waals surface area contributed by atoms with Crippen LogP contribution in [0.15, 0.2) is 40.9 Å². The van der Waals surface area contributed by atoms with Gasteiger partial charge in [0.25, 0.3) is 5.91 Å². The van der Waals surface area contributed by atoms with Crippen molar-refractivity contribution in [2.75, 3.05) is 13.2 Å². The number of hydrogen-bond donors (Lipinski definition) is 0. The molecule has 2 heterocycles. The average molecular weight is 242 g/mol. The number of carbonyl (C=O) groups excluding carboxylic acids is 1. The minimum Gasteiger partial charge on any atom is -0.486 e. The third-order valence-electron chi connectivity index (χ3n) is 3.03. The Hall–Kier alpha value is -2.10. The Morgan fingerprint density at radius 1 is 1.39 bits per heavy atom. The van der Waals surface area contributed by atoms with Crippen LogP contribution in [0.2, 0.25) is 0 Å². The van der Waals surface area contributed by atoms with Crippen LogP contribution in [0.3, 0.4) is 0 Å². The normalized spacial score (nSPS) is 17.4. The predicted molar refractivity (Wildman–Crippen MR) is 69.1 cm³/mol. The number of amides is 1. The first-order chi connectivity index (χ1) is 8.79. The second kappa shape index (κ2) is 4.29. The Balaban J connectivity index is 2.05. The maximum absolute atomic E-state index is 11.9. The molecule has 18 heavy (non-hydrogen) atoms. The van der Waals surface area contributed by atoms with Gasteiger partial charge in [-0.15, -0.1) is 0 Å². The van der Waals surface area contributed by atoms with Crippen LogP contribution in [0.1, 0.15) is 13.3 Å². The van der Waals surface area contributed by atoms with Gasteiger partial charge in [0.2, 0.25) is 0 Å². The van der Waals surface area contributed by atoms with Gasteiger partial charge in [0.15, 0.2) is 0 Å². The number of nitrogens with zero attached hydrogens (tertiary/aromatic N) is 2. The fourth-order valence-corrected chi connectivity index (χ4v) is 2.19. The van der Waals surface area contributed by atoms with Gasteiger partial charge in [-0.3, -0.25) is 9.69 Å². The zero-order valence-corrected chi connectivity index (χ0v) is 10.2. The smallest absolute Gasteiger partial charge is 0.252 e. The highest BCUT2D eigenvalue weighted by Gasteiger charge is 2.30. The molecule has 0 radical (unpaired) electrons. The Morgan fingerprint density at radius 2 is 2.22 bits per heavy atom. The molecule has 0 bridgehead atoms. The highest BCUT2D eigenvalue weighted by Crippen LogP contribution is 2.32. The van der Waals surface area contributed by atoms with E-state index < -0.39 is 0 Å². The van der Waals surface area contributed by atoms with Crippen LogP contribution in [0, 0.1) is 0 Å². The molecule has 0 unspecified atom stereocenters. The molecule has 0 aromatic heterocycles. The molecule has 0 fully saturated rings. The second-order valence-electron chi connectivity index (χ2n) is 4.35. The van der Waals surface area contributed by atoms with Crippen molar-refractivity contribution in [3.05, 3.63) is 35.9 Å². The van der Waals surface area contributed by atoms with Crippen LogP contribution in [0.25, 0.3) is 0 Å². The molecular formula is C14H14N2O2. The number of hydrogen-bond acceptors (Lipinski definition) is 3. The standard InChI is InChI=1S/C14H14N2O2/c1-2-7-16-13(17)8-10-9-18-12-6-4-3-5-11(12)15-14(10)16/h3-6,8H,2,7,9H2,1H3. The summed E-state index contributed by atoms with van der Waals surface area (Å²) in [6.07, 6.45) is 2.54. The van der Waals surface area contributed by atoms with Crippen molar-refractivity contribution in [1.29, 1.82) is 0 Å². The minimum atomic E-state index is 0.00795. The van der Waals surface area contributed by atoms with Gasteiger partial charge in [-0.1, -0.05) is 19.1 Å². The van der Waals surface area contributed by atoms with Crippen molar-refractivity contribution in [1.82, 2.24) is 4.90 Å². The van der Waals surface area contributed by atoms with E-state index in [1.54, 1.807) is 11.0 Å². The lowest BCUT2D eigenvalue weighted by Crippen LogP contribution is -2.32. The van der Waals surface area contributed by atoms with Crippen LogP contribution in [0.4, 0.5) is 5.69 Å².